The van der Waals surface area contributed by atoms with Gasteiger partial charge in [-0.2, -0.15) is 0 Å². The highest BCUT2D eigenvalue weighted by atomic mass is 32.1. The van der Waals surface area contributed by atoms with Gasteiger partial charge in [0.15, 0.2) is 0 Å². The zero-order chi connectivity index (χ0) is 29.3. The zero-order valence-corrected chi connectivity index (χ0v) is 24.2. The molecular weight excluding hydrogens is 586 g/mol. The number of amides is 3. The third-order valence-corrected chi connectivity index (χ3v) is 11.2. The zero-order valence-electron chi connectivity index (χ0n) is 22.5. The van der Waals surface area contributed by atoms with Crippen molar-refractivity contribution in [3.8, 4) is 0 Å². The molecule has 222 valence electrons. The highest BCUT2D eigenvalue weighted by Gasteiger charge is 2.52. The van der Waals surface area contributed by atoms with Crippen LogP contribution < -0.4 is 5.32 Å². The predicted octanol–water partition coefficient (Wildman–Crippen LogP) is 3.55. The van der Waals surface area contributed by atoms with Crippen LogP contribution in [0.4, 0.5) is 4.39 Å². The lowest BCUT2D eigenvalue weighted by atomic mass is 9.97. The lowest BCUT2D eigenvalue weighted by molar-refractivity contribution is -0.150. The van der Waals surface area contributed by atoms with Gasteiger partial charge in [0.2, 0.25) is 23.6 Å². The van der Waals surface area contributed by atoms with Gasteiger partial charge in [-0.15, -0.1) is 11.3 Å². The molecular formula is C28H30FN4O7PS. The van der Waals surface area contributed by atoms with E-state index in [-0.39, 0.29) is 29.3 Å². The molecule has 4 fully saturated rings. The normalized spacial score (nSPS) is 28.5. The minimum absolute atomic E-state index is 0.0321. The topological polar surface area (TPSA) is 153 Å². The first-order chi connectivity index (χ1) is 20.1. The Balaban J connectivity index is 1.08. The molecule has 3 N–H and O–H groups in total. The smallest absolute Gasteiger partial charge is 0.363 e. The molecule has 3 aromatic rings. The van der Waals surface area contributed by atoms with E-state index in [9.17, 15) is 33.1 Å². The number of hydrogen-bond acceptors (Lipinski definition) is 7. The molecule has 0 spiro atoms. The molecule has 3 aliphatic heterocycles. The van der Waals surface area contributed by atoms with Gasteiger partial charge in [-0.25, -0.2) is 9.37 Å². The van der Waals surface area contributed by atoms with Crippen molar-refractivity contribution in [3.63, 3.8) is 0 Å². The number of likely N-dealkylation sites (tertiary alicyclic amines) is 1. The van der Waals surface area contributed by atoms with Gasteiger partial charge in [0.1, 0.15) is 18.3 Å². The summed E-state index contributed by atoms with van der Waals surface area (Å²) in [6.45, 7) is 0.997. The average Bonchev–Trinajstić information content (AvgIpc) is 3.33. The van der Waals surface area contributed by atoms with E-state index in [1.807, 2.05) is 0 Å². The molecule has 0 bridgehead atoms. The van der Waals surface area contributed by atoms with Gasteiger partial charge >= 0.3 is 7.60 Å². The summed E-state index contributed by atoms with van der Waals surface area (Å²) in [6, 6.07) is 4.32. The molecule has 4 aliphatic rings. The second-order valence-corrected chi connectivity index (χ2v) is 14.6. The molecule has 7 rings (SSSR count). The van der Waals surface area contributed by atoms with E-state index in [2.05, 4.69) is 10.3 Å². The van der Waals surface area contributed by atoms with Crippen LogP contribution in [0.1, 0.15) is 65.1 Å². The van der Waals surface area contributed by atoms with Gasteiger partial charge in [-0.1, -0.05) is 6.07 Å². The van der Waals surface area contributed by atoms with Gasteiger partial charge in [0.25, 0.3) is 5.91 Å². The van der Waals surface area contributed by atoms with Crippen molar-refractivity contribution in [1.82, 2.24) is 20.1 Å². The van der Waals surface area contributed by atoms with Crippen LogP contribution >= 0.6 is 18.9 Å². The summed E-state index contributed by atoms with van der Waals surface area (Å²) in [7, 11) is -4.97. The summed E-state index contributed by atoms with van der Waals surface area (Å²) in [6.07, 6.45) is 6.84. The third-order valence-electron chi connectivity index (χ3n) is 9.16. The SMILES string of the molecule is O=C(NC1C[C@@H]2C[C@@H]2C[C@H]2CC[C@@H](C(=O)N3CC(c4ncco4)C3)N2C1=O)c1cc2cc(C(F)P(=O)(O)O)ccc2s1. The number of aromatic nitrogens is 1. The van der Waals surface area contributed by atoms with Crippen LogP contribution in [0.15, 0.2) is 41.1 Å². The van der Waals surface area contributed by atoms with E-state index < -0.39 is 31.5 Å². The number of carbonyl (C=O) groups excluding carboxylic acids is 3. The Hall–Kier alpha value is -3.12. The van der Waals surface area contributed by atoms with Crippen LogP contribution in [-0.2, 0) is 14.2 Å². The number of alkyl halides is 1. The third kappa shape index (κ3) is 4.96. The monoisotopic (exact) mass is 616 g/mol. The van der Waals surface area contributed by atoms with E-state index in [4.69, 9.17) is 4.42 Å². The molecule has 14 heteroatoms. The van der Waals surface area contributed by atoms with Crippen LogP contribution in [0, 0.1) is 11.8 Å². The number of benzene rings is 1. The van der Waals surface area contributed by atoms with Gasteiger partial charge in [0.05, 0.1) is 17.0 Å². The van der Waals surface area contributed by atoms with E-state index in [1.54, 1.807) is 16.0 Å². The van der Waals surface area contributed by atoms with Crippen molar-refractivity contribution in [1.29, 1.82) is 0 Å². The van der Waals surface area contributed by atoms with Gasteiger partial charge < -0.3 is 29.3 Å². The number of halogens is 1. The van der Waals surface area contributed by atoms with Crippen LogP contribution in [-0.4, -0.2) is 73.5 Å². The molecule has 1 saturated carbocycles. The maximum absolute atomic E-state index is 14.2. The first kappa shape index (κ1) is 27.7. The summed E-state index contributed by atoms with van der Waals surface area (Å²) in [5.41, 5.74) is -0.166. The highest BCUT2D eigenvalue weighted by Crippen LogP contribution is 2.53. The second kappa shape index (κ2) is 10.3. The first-order valence-corrected chi connectivity index (χ1v) is 16.6. The van der Waals surface area contributed by atoms with E-state index in [0.29, 0.717) is 58.6 Å². The number of thiophene rings is 1. The second-order valence-electron chi connectivity index (χ2n) is 11.9. The van der Waals surface area contributed by atoms with Crippen LogP contribution in [0.3, 0.4) is 0 Å². The predicted molar refractivity (Wildman–Crippen MR) is 149 cm³/mol. The van der Waals surface area contributed by atoms with E-state index in [0.717, 1.165) is 30.6 Å². The molecule has 1 aliphatic carbocycles. The van der Waals surface area contributed by atoms with Crippen LogP contribution in [0.5, 0.6) is 0 Å². The molecule has 3 saturated heterocycles. The Bertz CT molecular complexity index is 1600. The summed E-state index contributed by atoms with van der Waals surface area (Å²) in [4.78, 5) is 67.3. The van der Waals surface area contributed by atoms with E-state index in [1.165, 1.54) is 30.5 Å². The Morgan fingerprint density at radius 3 is 2.67 bits per heavy atom. The maximum atomic E-state index is 14.2. The number of nitrogens with zero attached hydrogens (tertiary/aromatic N) is 3. The molecule has 42 heavy (non-hydrogen) atoms. The largest absolute Gasteiger partial charge is 0.449 e. The quantitative estimate of drug-likeness (QED) is 0.356. The number of carbonyl (C=O) groups is 3. The fourth-order valence-corrected chi connectivity index (χ4v) is 8.33. The number of oxazole rings is 1. The van der Waals surface area contributed by atoms with Crippen molar-refractivity contribution in [3.05, 3.63) is 53.1 Å². The molecule has 6 atom stereocenters. The standard InChI is InChI=1S/C28H30FN4O7PS/c29-24(41(37,38)39)14-1-4-22-17(7-14)11-23(42-22)25(34)31-20-10-16-8-15(16)9-19-2-3-21(33(19)27(20)35)28(36)32-12-18(13-32)26-30-5-6-40-26/h1,4-7,11,15-16,18-21,24H,2-3,8-10,12-13H2,(H,31,34)(H2,37,38,39)/t15-,16+,19-,20?,21+,24?/m1/s1. The lowest BCUT2D eigenvalue weighted by Crippen LogP contribution is -2.59. The first-order valence-electron chi connectivity index (χ1n) is 14.1. The summed E-state index contributed by atoms with van der Waals surface area (Å²) in [5.74, 6) is -1.72. The Labute approximate surface area is 244 Å². The summed E-state index contributed by atoms with van der Waals surface area (Å²) < 4.78 is 31.6. The Kier molecular flexibility index (Phi) is 6.76. The number of rotatable bonds is 6. The van der Waals surface area contributed by atoms with Crippen LogP contribution in [0.2, 0.25) is 0 Å². The van der Waals surface area contributed by atoms with Gasteiger partial charge in [0, 0.05) is 23.8 Å². The minimum atomic E-state index is -4.97. The Morgan fingerprint density at radius 2 is 1.93 bits per heavy atom. The fourth-order valence-electron chi connectivity index (χ4n) is 6.84. The molecule has 0 radical (unpaired) electrons. The molecule has 2 aromatic heterocycles. The molecule has 2 unspecified atom stereocenters. The lowest BCUT2D eigenvalue weighted by Gasteiger charge is -2.42. The minimum Gasteiger partial charge on any atom is -0.449 e. The maximum Gasteiger partial charge on any atom is 0.363 e. The molecule has 3 amide bonds. The van der Waals surface area contributed by atoms with Crippen molar-refractivity contribution in [2.24, 2.45) is 11.8 Å². The number of hydrogen-bond donors (Lipinski definition) is 3. The number of nitrogens with one attached hydrogen (secondary N) is 1. The molecule has 5 heterocycles. The summed E-state index contributed by atoms with van der Waals surface area (Å²) >= 11 is 1.15. The van der Waals surface area contributed by atoms with Crippen LogP contribution in [0.25, 0.3) is 10.1 Å². The van der Waals surface area contributed by atoms with Gasteiger partial charge in [-0.05, 0) is 73.1 Å². The summed E-state index contributed by atoms with van der Waals surface area (Å²) in [5, 5.41) is 3.40. The van der Waals surface area contributed by atoms with Gasteiger partial charge in [-0.3, -0.25) is 18.9 Å². The van der Waals surface area contributed by atoms with Crippen molar-refractivity contribution in [2.75, 3.05) is 13.1 Å². The average molecular weight is 617 g/mol. The van der Waals surface area contributed by atoms with Crippen molar-refractivity contribution < 1.29 is 37.5 Å². The number of fused-ring (bicyclic) bond motifs is 3. The molecule has 1 aromatic carbocycles. The highest BCUT2D eigenvalue weighted by molar-refractivity contribution is 7.51. The van der Waals surface area contributed by atoms with Crippen molar-refractivity contribution >= 4 is 46.7 Å². The Morgan fingerprint density at radius 1 is 1.14 bits per heavy atom. The van der Waals surface area contributed by atoms with E-state index >= 15 is 0 Å². The molecule has 11 nitrogen and oxygen atoms in total. The fraction of sp³-hybridized carbons (Fsp3) is 0.500. The van der Waals surface area contributed by atoms with Crippen molar-refractivity contribution in [2.45, 2.75) is 62.1 Å².